The topological polar surface area (TPSA) is 98.1 Å². The van der Waals surface area contributed by atoms with Crippen LogP contribution in [0.3, 0.4) is 0 Å². The van der Waals surface area contributed by atoms with E-state index in [-0.39, 0.29) is 6.61 Å². The maximum atomic E-state index is 11.1. The van der Waals surface area contributed by atoms with E-state index in [1.807, 2.05) is 0 Å². The van der Waals surface area contributed by atoms with Crippen molar-refractivity contribution in [2.24, 2.45) is 0 Å². The summed E-state index contributed by atoms with van der Waals surface area (Å²) in [5.74, 6) is 0. The van der Waals surface area contributed by atoms with Gasteiger partial charge in [-0.1, -0.05) is 4.85 Å². The van der Waals surface area contributed by atoms with Crippen LogP contribution in [0.25, 0.3) is 10.8 Å². The van der Waals surface area contributed by atoms with Gasteiger partial charge in [0.2, 0.25) is 6.20 Å². The van der Waals surface area contributed by atoms with E-state index in [1.54, 1.807) is 12.1 Å². The Morgan fingerprint density at radius 3 is 3.00 bits per heavy atom. The van der Waals surface area contributed by atoms with E-state index in [1.165, 1.54) is 12.4 Å². The first-order valence-electron chi connectivity index (χ1n) is 4.85. The van der Waals surface area contributed by atoms with Crippen LogP contribution in [0.15, 0.2) is 24.5 Å². The molecule has 0 amide bonds. The minimum atomic E-state index is 0.0222. The number of nitrogens with zero attached hydrogens (tertiary/aromatic N) is 2. The lowest BCUT2D eigenvalue weighted by molar-refractivity contribution is -0.667. The van der Waals surface area contributed by atoms with Gasteiger partial charge < -0.3 is 21.4 Å². The third-order valence-electron chi connectivity index (χ3n) is 2.29. The fourth-order valence-corrected chi connectivity index (χ4v) is 1.54. The van der Waals surface area contributed by atoms with Crippen LogP contribution < -0.4 is 15.9 Å². The Bertz CT molecular complexity index is 515. The van der Waals surface area contributed by atoms with Crippen molar-refractivity contribution in [1.29, 1.82) is 0 Å². The summed E-state index contributed by atoms with van der Waals surface area (Å²) >= 11 is 0. The molecule has 6 nitrogen and oxygen atoms in total. The molecule has 0 spiro atoms. The number of hydrogen-bond acceptors (Lipinski definition) is 5. The number of aliphatic hydroxyl groups excluding tert-OH is 1. The molecule has 0 aliphatic rings. The molecule has 4 N–H and O–H groups in total. The first-order chi connectivity index (χ1) is 7.72. The highest BCUT2D eigenvalue weighted by molar-refractivity contribution is 5.99. The predicted molar refractivity (Wildman–Crippen MR) is 60.7 cm³/mol. The summed E-state index contributed by atoms with van der Waals surface area (Å²) in [5, 5.41) is 27.9. The standard InChI is InChI=1S/C10H12N4O2/c11-9-1-2-10(12-3-4-15)8-6-14(16)13-5-7(8)9/h1-2,5-6,12,15H,3-4,11H2. The summed E-state index contributed by atoms with van der Waals surface area (Å²) < 4.78 is 0. The number of nitrogen functional groups attached to an aromatic ring is 1. The molecule has 0 saturated carbocycles. The molecule has 2 aromatic rings. The maximum absolute atomic E-state index is 11.1. The molecule has 1 aromatic carbocycles. The Morgan fingerprint density at radius 2 is 2.25 bits per heavy atom. The van der Waals surface area contributed by atoms with Crippen molar-refractivity contribution in [2.75, 3.05) is 24.2 Å². The molecule has 0 aliphatic heterocycles. The fourth-order valence-electron chi connectivity index (χ4n) is 1.54. The van der Waals surface area contributed by atoms with E-state index >= 15 is 0 Å². The highest BCUT2D eigenvalue weighted by atomic mass is 16.5. The minimum absolute atomic E-state index is 0.0222. The summed E-state index contributed by atoms with van der Waals surface area (Å²) in [5.41, 5.74) is 7.10. The van der Waals surface area contributed by atoms with Crippen LogP contribution in [0.4, 0.5) is 11.4 Å². The number of nitrogens with two attached hydrogens (primary N) is 1. The van der Waals surface area contributed by atoms with Gasteiger partial charge in [-0.25, -0.2) is 0 Å². The molecule has 0 aliphatic carbocycles. The molecule has 0 saturated heterocycles. The van der Waals surface area contributed by atoms with Gasteiger partial charge in [0.25, 0.3) is 0 Å². The fraction of sp³-hybridized carbons (Fsp3) is 0.200. The molecule has 0 atom stereocenters. The van der Waals surface area contributed by atoms with Crippen LogP contribution in [0.1, 0.15) is 0 Å². The van der Waals surface area contributed by atoms with Gasteiger partial charge in [-0.2, -0.15) is 0 Å². The van der Waals surface area contributed by atoms with Gasteiger partial charge in [0.1, 0.15) is 6.20 Å². The largest absolute Gasteiger partial charge is 0.594 e. The molecule has 1 aromatic heterocycles. The quantitative estimate of drug-likeness (QED) is 0.380. The number of hydrogen-bond donors (Lipinski definition) is 3. The van der Waals surface area contributed by atoms with Gasteiger partial charge in [0.15, 0.2) is 0 Å². The van der Waals surface area contributed by atoms with E-state index < -0.39 is 0 Å². The number of anilines is 2. The highest BCUT2D eigenvalue weighted by Crippen LogP contribution is 2.26. The smallest absolute Gasteiger partial charge is 0.219 e. The van der Waals surface area contributed by atoms with Crippen molar-refractivity contribution >= 4 is 22.1 Å². The summed E-state index contributed by atoms with van der Waals surface area (Å²) in [6.07, 6.45) is 2.78. The first-order valence-corrected chi connectivity index (χ1v) is 4.85. The Morgan fingerprint density at radius 1 is 1.44 bits per heavy atom. The molecule has 0 fully saturated rings. The molecule has 84 valence electrons. The zero-order valence-electron chi connectivity index (χ0n) is 8.55. The van der Waals surface area contributed by atoms with Crippen molar-refractivity contribution in [3.8, 4) is 0 Å². The number of rotatable bonds is 3. The van der Waals surface area contributed by atoms with E-state index in [2.05, 4.69) is 10.4 Å². The maximum Gasteiger partial charge on any atom is 0.219 e. The Labute approximate surface area is 91.9 Å². The minimum Gasteiger partial charge on any atom is -0.594 e. The SMILES string of the molecule is Nc1ccc(NCCO)c2c[n+]([O-])ncc12. The second-order valence-electron chi connectivity index (χ2n) is 3.36. The Balaban J connectivity index is 2.56. The van der Waals surface area contributed by atoms with Crippen LogP contribution in [0.5, 0.6) is 0 Å². The van der Waals surface area contributed by atoms with Crippen molar-refractivity contribution in [2.45, 2.75) is 0 Å². The summed E-state index contributed by atoms with van der Waals surface area (Å²) in [4.78, 5) is 0.478. The second-order valence-corrected chi connectivity index (χ2v) is 3.36. The van der Waals surface area contributed by atoms with Gasteiger partial charge in [0, 0.05) is 28.4 Å². The Hall–Kier alpha value is -2.08. The first kappa shape index (κ1) is 10.4. The lowest BCUT2D eigenvalue weighted by atomic mass is 10.1. The van der Waals surface area contributed by atoms with Crippen molar-refractivity contribution < 1.29 is 9.95 Å². The van der Waals surface area contributed by atoms with Crippen LogP contribution in [-0.2, 0) is 0 Å². The van der Waals surface area contributed by atoms with Crippen LogP contribution >= 0.6 is 0 Å². The normalized spacial score (nSPS) is 10.6. The van der Waals surface area contributed by atoms with E-state index in [4.69, 9.17) is 10.8 Å². The van der Waals surface area contributed by atoms with Crippen molar-refractivity contribution in [3.05, 3.63) is 29.7 Å². The van der Waals surface area contributed by atoms with Gasteiger partial charge in [-0.3, -0.25) is 0 Å². The molecule has 16 heavy (non-hydrogen) atoms. The third kappa shape index (κ3) is 1.82. The van der Waals surface area contributed by atoms with Gasteiger partial charge in [-0.15, -0.1) is 0 Å². The number of nitrogens with one attached hydrogen (secondary N) is 1. The van der Waals surface area contributed by atoms with Crippen molar-refractivity contribution in [1.82, 2.24) is 5.10 Å². The molecule has 0 bridgehead atoms. The average Bonchev–Trinajstić information content (AvgIpc) is 2.28. The third-order valence-corrected chi connectivity index (χ3v) is 2.29. The van der Waals surface area contributed by atoms with Gasteiger partial charge in [0.05, 0.1) is 12.0 Å². The van der Waals surface area contributed by atoms with Crippen LogP contribution in [0, 0.1) is 5.21 Å². The van der Waals surface area contributed by atoms with Crippen molar-refractivity contribution in [3.63, 3.8) is 0 Å². The molecule has 0 unspecified atom stereocenters. The number of benzene rings is 1. The van der Waals surface area contributed by atoms with Gasteiger partial charge in [-0.05, 0) is 12.1 Å². The molecule has 2 rings (SSSR count). The summed E-state index contributed by atoms with van der Waals surface area (Å²) in [7, 11) is 0. The number of aliphatic hydroxyl groups is 1. The zero-order valence-corrected chi connectivity index (χ0v) is 8.55. The molecular formula is C10H12N4O2. The van der Waals surface area contributed by atoms with Crippen LogP contribution in [-0.4, -0.2) is 23.4 Å². The molecule has 6 heteroatoms. The summed E-state index contributed by atoms with van der Waals surface area (Å²) in [6.45, 7) is 0.439. The number of aromatic nitrogens is 2. The van der Waals surface area contributed by atoms with E-state index in [0.717, 1.165) is 11.1 Å². The lowest BCUT2D eigenvalue weighted by Gasteiger charge is -2.08. The predicted octanol–water partition coefficient (Wildman–Crippen LogP) is -0.145. The second kappa shape index (κ2) is 4.19. The Kier molecular flexibility index (Phi) is 2.74. The van der Waals surface area contributed by atoms with E-state index in [9.17, 15) is 5.21 Å². The zero-order chi connectivity index (χ0) is 11.5. The van der Waals surface area contributed by atoms with Gasteiger partial charge >= 0.3 is 0 Å². The summed E-state index contributed by atoms with van der Waals surface area (Å²) in [6, 6.07) is 3.51. The molecule has 1 heterocycles. The average molecular weight is 220 g/mol. The molecule has 0 radical (unpaired) electrons. The lowest BCUT2D eigenvalue weighted by Crippen LogP contribution is -2.29. The molecular weight excluding hydrogens is 208 g/mol. The number of fused-ring (bicyclic) bond motifs is 1. The monoisotopic (exact) mass is 220 g/mol. The van der Waals surface area contributed by atoms with E-state index in [0.29, 0.717) is 22.5 Å². The highest BCUT2D eigenvalue weighted by Gasteiger charge is 2.07. The van der Waals surface area contributed by atoms with Crippen LogP contribution in [0.2, 0.25) is 0 Å².